The number of halogens is 3. The van der Waals surface area contributed by atoms with Gasteiger partial charge in [-0.05, 0) is 79.8 Å². The van der Waals surface area contributed by atoms with E-state index in [1.54, 1.807) is 48.5 Å². The monoisotopic (exact) mass is 540 g/mol. The molecule has 1 fully saturated rings. The number of hydrogen-bond acceptors (Lipinski definition) is 3. The molecule has 0 atom stereocenters. The van der Waals surface area contributed by atoms with Gasteiger partial charge >= 0.3 is 0 Å². The lowest BCUT2D eigenvalue weighted by molar-refractivity contribution is 0.0230. The molecule has 0 bridgehead atoms. The van der Waals surface area contributed by atoms with Crippen molar-refractivity contribution in [3.63, 3.8) is 0 Å². The van der Waals surface area contributed by atoms with E-state index in [0.29, 0.717) is 34.8 Å². The van der Waals surface area contributed by atoms with Crippen LogP contribution in [-0.4, -0.2) is 19.3 Å². The molecule has 0 saturated heterocycles. The molecule has 0 amide bonds. The normalized spacial score (nSPS) is 17.3. The van der Waals surface area contributed by atoms with Crippen LogP contribution in [0.1, 0.15) is 82.3 Å². The second-order valence-corrected chi connectivity index (χ2v) is 10.3. The number of hydrogen-bond donors (Lipinski definition) is 0. The van der Waals surface area contributed by atoms with E-state index in [1.165, 1.54) is 6.07 Å². The highest BCUT2D eigenvalue weighted by molar-refractivity contribution is 5.65. The summed E-state index contributed by atoms with van der Waals surface area (Å²) in [5, 5.41) is 0. The predicted molar refractivity (Wildman–Crippen MR) is 149 cm³/mol. The molecule has 0 aromatic heterocycles. The molecule has 6 heteroatoms. The SMILES string of the molecule is CCCCOc1ccc(-c2ccc(OCc3ccc(C4CCC(OCCCC)CC4)c(F)c3F)cc2)c(F)c1. The van der Waals surface area contributed by atoms with Gasteiger partial charge in [0, 0.05) is 23.8 Å². The highest BCUT2D eigenvalue weighted by Gasteiger charge is 2.26. The lowest BCUT2D eigenvalue weighted by Crippen LogP contribution is -2.22. The van der Waals surface area contributed by atoms with E-state index in [4.69, 9.17) is 14.2 Å². The first-order valence-electron chi connectivity index (χ1n) is 14.2. The van der Waals surface area contributed by atoms with Crippen LogP contribution in [0.5, 0.6) is 11.5 Å². The van der Waals surface area contributed by atoms with Crippen molar-refractivity contribution in [1.82, 2.24) is 0 Å². The first-order valence-corrected chi connectivity index (χ1v) is 14.2. The largest absolute Gasteiger partial charge is 0.493 e. The van der Waals surface area contributed by atoms with E-state index >= 15 is 4.39 Å². The molecule has 0 spiro atoms. The summed E-state index contributed by atoms with van der Waals surface area (Å²) >= 11 is 0. The first kappa shape index (κ1) is 29.0. The Morgan fingerprint density at radius 2 is 1.41 bits per heavy atom. The van der Waals surface area contributed by atoms with Crippen molar-refractivity contribution in [3.05, 3.63) is 83.2 Å². The van der Waals surface area contributed by atoms with Crippen LogP contribution in [0.2, 0.25) is 0 Å². The van der Waals surface area contributed by atoms with Crippen LogP contribution in [0.4, 0.5) is 13.2 Å². The summed E-state index contributed by atoms with van der Waals surface area (Å²) < 4.78 is 61.8. The number of rotatable bonds is 13. The van der Waals surface area contributed by atoms with Gasteiger partial charge in [0.15, 0.2) is 11.6 Å². The highest BCUT2D eigenvalue weighted by atomic mass is 19.2. The quantitative estimate of drug-likeness (QED) is 0.202. The fraction of sp³-hybridized carbons (Fsp3) is 0.455. The van der Waals surface area contributed by atoms with Gasteiger partial charge in [-0.15, -0.1) is 0 Å². The van der Waals surface area contributed by atoms with Gasteiger partial charge in [-0.2, -0.15) is 0 Å². The summed E-state index contributed by atoms with van der Waals surface area (Å²) in [7, 11) is 0. The van der Waals surface area contributed by atoms with Gasteiger partial charge in [-0.25, -0.2) is 13.2 Å². The molecule has 39 heavy (non-hydrogen) atoms. The Balaban J connectivity index is 1.32. The zero-order valence-corrected chi connectivity index (χ0v) is 23.0. The minimum atomic E-state index is -0.853. The van der Waals surface area contributed by atoms with E-state index in [9.17, 15) is 8.78 Å². The smallest absolute Gasteiger partial charge is 0.165 e. The molecule has 1 aliphatic carbocycles. The summed E-state index contributed by atoms with van der Waals surface area (Å²) in [6.07, 6.45) is 7.64. The van der Waals surface area contributed by atoms with Gasteiger partial charge in [-0.1, -0.05) is 51.0 Å². The Labute approximate surface area is 230 Å². The fourth-order valence-corrected chi connectivity index (χ4v) is 5.01. The number of benzene rings is 3. The maximum atomic E-state index is 15.0. The zero-order valence-electron chi connectivity index (χ0n) is 23.0. The van der Waals surface area contributed by atoms with Crippen LogP contribution in [-0.2, 0) is 11.3 Å². The molecule has 1 saturated carbocycles. The van der Waals surface area contributed by atoms with Crippen molar-refractivity contribution in [2.45, 2.75) is 83.8 Å². The van der Waals surface area contributed by atoms with E-state index in [0.717, 1.165) is 58.0 Å². The Morgan fingerprint density at radius 1 is 0.718 bits per heavy atom. The molecular weight excluding hydrogens is 501 g/mol. The van der Waals surface area contributed by atoms with E-state index in [2.05, 4.69) is 13.8 Å². The summed E-state index contributed by atoms with van der Waals surface area (Å²) in [6, 6.07) is 15.0. The van der Waals surface area contributed by atoms with E-state index in [1.807, 2.05) is 0 Å². The Morgan fingerprint density at radius 3 is 2.10 bits per heavy atom. The molecule has 0 heterocycles. The molecule has 3 aromatic carbocycles. The lowest BCUT2D eigenvalue weighted by Gasteiger charge is -2.29. The third-order valence-electron chi connectivity index (χ3n) is 7.42. The minimum absolute atomic E-state index is 0.00500. The third kappa shape index (κ3) is 7.78. The lowest BCUT2D eigenvalue weighted by atomic mass is 9.82. The van der Waals surface area contributed by atoms with E-state index < -0.39 is 11.6 Å². The van der Waals surface area contributed by atoms with Crippen molar-refractivity contribution in [2.75, 3.05) is 13.2 Å². The predicted octanol–water partition coefficient (Wildman–Crippen LogP) is 9.37. The molecule has 4 rings (SSSR count). The molecule has 1 aliphatic rings. The molecule has 0 aliphatic heterocycles. The summed E-state index contributed by atoms with van der Waals surface area (Å²) in [5.41, 5.74) is 1.75. The van der Waals surface area contributed by atoms with Gasteiger partial charge < -0.3 is 14.2 Å². The van der Waals surface area contributed by atoms with Crippen molar-refractivity contribution in [3.8, 4) is 22.6 Å². The summed E-state index contributed by atoms with van der Waals surface area (Å²) in [4.78, 5) is 0. The molecule has 0 unspecified atom stereocenters. The van der Waals surface area contributed by atoms with Gasteiger partial charge in [-0.3, -0.25) is 0 Å². The molecule has 210 valence electrons. The molecule has 3 aromatic rings. The van der Waals surface area contributed by atoms with Crippen LogP contribution < -0.4 is 9.47 Å². The second kappa shape index (κ2) is 14.4. The summed E-state index contributed by atoms with van der Waals surface area (Å²) in [6.45, 7) is 5.44. The van der Waals surface area contributed by atoms with Crippen molar-refractivity contribution >= 4 is 0 Å². The Kier molecular flexibility index (Phi) is 10.7. The standard InChI is InChI=1S/C33H39F3O3/c1-3-5-19-37-26-12-9-24(10-13-26)30-17-11-25(32(35)33(30)36)22-39-27-14-7-23(8-15-27)29-18-16-28(21-31(29)34)38-20-6-4-2/h7-8,11,14-18,21,24,26H,3-6,9-10,12-13,19-20,22H2,1-2H3. The van der Waals surface area contributed by atoms with Crippen LogP contribution in [0.3, 0.4) is 0 Å². The van der Waals surface area contributed by atoms with Gasteiger partial charge in [0.2, 0.25) is 0 Å². The van der Waals surface area contributed by atoms with E-state index in [-0.39, 0.29) is 30.0 Å². The Hall–Kier alpha value is -2.99. The van der Waals surface area contributed by atoms with Gasteiger partial charge in [0.25, 0.3) is 0 Å². The van der Waals surface area contributed by atoms with Crippen LogP contribution in [0.25, 0.3) is 11.1 Å². The zero-order chi connectivity index (χ0) is 27.6. The molecular formula is C33H39F3O3. The third-order valence-corrected chi connectivity index (χ3v) is 7.42. The topological polar surface area (TPSA) is 27.7 Å². The van der Waals surface area contributed by atoms with Gasteiger partial charge in [0.05, 0.1) is 12.7 Å². The average Bonchev–Trinajstić information content (AvgIpc) is 2.95. The highest BCUT2D eigenvalue weighted by Crippen LogP contribution is 2.36. The molecule has 0 radical (unpaired) electrons. The number of unbranched alkanes of at least 4 members (excludes halogenated alkanes) is 2. The van der Waals surface area contributed by atoms with Gasteiger partial charge in [0.1, 0.15) is 23.9 Å². The maximum Gasteiger partial charge on any atom is 0.165 e. The van der Waals surface area contributed by atoms with Crippen LogP contribution in [0, 0.1) is 17.5 Å². The van der Waals surface area contributed by atoms with Crippen molar-refractivity contribution < 1.29 is 27.4 Å². The average molecular weight is 541 g/mol. The van der Waals surface area contributed by atoms with Crippen LogP contribution in [0.15, 0.2) is 54.6 Å². The van der Waals surface area contributed by atoms with Crippen molar-refractivity contribution in [1.29, 1.82) is 0 Å². The van der Waals surface area contributed by atoms with Crippen molar-refractivity contribution in [2.24, 2.45) is 0 Å². The molecule has 0 N–H and O–H groups in total. The fourth-order valence-electron chi connectivity index (χ4n) is 5.01. The minimum Gasteiger partial charge on any atom is -0.493 e. The Bertz CT molecular complexity index is 1190. The second-order valence-electron chi connectivity index (χ2n) is 10.3. The summed E-state index contributed by atoms with van der Waals surface area (Å²) in [5.74, 6) is -0.996. The van der Waals surface area contributed by atoms with Crippen LogP contribution >= 0.6 is 0 Å². The molecule has 3 nitrogen and oxygen atoms in total. The number of ether oxygens (including phenoxy) is 3. The maximum absolute atomic E-state index is 15.0. The first-order chi connectivity index (χ1) is 19.0.